The zero-order valence-corrected chi connectivity index (χ0v) is 25.7. The van der Waals surface area contributed by atoms with Crippen LogP contribution in [-0.2, 0) is 28.3 Å². The first kappa shape index (κ1) is 30.0. The van der Waals surface area contributed by atoms with E-state index in [0.717, 1.165) is 46.8 Å². The van der Waals surface area contributed by atoms with Crippen LogP contribution in [0.25, 0.3) is 0 Å². The van der Waals surface area contributed by atoms with Gasteiger partial charge in [0, 0.05) is 39.3 Å². The predicted molar refractivity (Wildman–Crippen MR) is 166 cm³/mol. The lowest BCUT2D eigenvalue weighted by Gasteiger charge is -2.33. The first-order valence-corrected chi connectivity index (χ1v) is 16.0. The summed E-state index contributed by atoms with van der Waals surface area (Å²) in [6.45, 7) is 0.342. The molecule has 0 saturated heterocycles. The summed E-state index contributed by atoms with van der Waals surface area (Å²) in [5.74, 6) is 0.537. The normalized spacial score (nSPS) is 14.5. The van der Waals surface area contributed by atoms with Gasteiger partial charge in [-0.25, -0.2) is 0 Å². The number of hydrogen-bond acceptors (Lipinski definition) is 3. The average molecular weight is 648 g/mol. The number of rotatable bonds is 11. The van der Waals surface area contributed by atoms with Gasteiger partial charge < -0.3 is 10.2 Å². The summed E-state index contributed by atoms with van der Waals surface area (Å²) in [6.07, 6.45) is 5.87. The highest BCUT2D eigenvalue weighted by atomic mass is 79.9. The summed E-state index contributed by atoms with van der Waals surface area (Å²) < 4.78 is 0.965. The van der Waals surface area contributed by atoms with Gasteiger partial charge in [-0.15, -0.1) is 11.8 Å². The largest absolute Gasteiger partial charge is 0.352 e. The highest BCUT2D eigenvalue weighted by Crippen LogP contribution is 2.29. The van der Waals surface area contributed by atoms with Gasteiger partial charge in [-0.2, -0.15) is 0 Å². The molecule has 0 radical (unpaired) electrons. The lowest BCUT2D eigenvalue weighted by molar-refractivity contribution is -0.139. The van der Waals surface area contributed by atoms with Gasteiger partial charge in [0.25, 0.3) is 0 Å². The predicted octanol–water partition coefficient (Wildman–Crippen LogP) is 8.08. The van der Waals surface area contributed by atoms with Crippen molar-refractivity contribution in [3.63, 3.8) is 0 Å². The molecule has 0 aliphatic heterocycles. The summed E-state index contributed by atoms with van der Waals surface area (Å²) >= 11 is 17.7. The maximum absolute atomic E-state index is 13.9. The maximum Gasteiger partial charge on any atom is 0.243 e. The Bertz CT molecular complexity index is 1220. The Morgan fingerprint density at radius 1 is 0.897 bits per heavy atom. The molecule has 0 aromatic heterocycles. The number of thioether (sulfide) groups is 1. The topological polar surface area (TPSA) is 49.4 Å². The molecule has 3 aromatic carbocycles. The van der Waals surface area contributed by atoms with Crippen molar-refractivity contribution in [2.24, 2.45) is 0 Å². The summed E-state index contributed by atoms with van der Waals surface area (Å²) in [4.78, 5) is 29.4. The average Bonchev–Trinajstić information content (AvgIpc) is 2.94. The first-order chi connectivity index (χ1) is 18.9. The van der Waals surface area contributed by atoms with Crippen molar-refractivity contribution in [1.29, 1.82) is 0 Å². The minimum Gasteiger partial charge on any atom is -0.352 e. The molecule has 0 heterocycles. The van der Waals surface area contributed by atoms with Crippen LogP contribution in [0.4, 0.5) is 0 Å². The third-order valence-corrected chi connectivity index (χ3v) is 9.20. The number of carbonyl (C=O) groups excluding carboxylic acids is 2. The Hall–Kier alpha value is -1.99. The highest BCUT2D eigenvalue weighted by molar-refractivity contribution is 9.10. The number of benzene rings is 3. The van der Waals surface area contributed by atoms with Crippen LogP contribution in [0.3, 0.4) is 0 Å². The molecule has 1 N–H and O–H groups in total. The van der Waals surface area contributed by atoms with Crippen LogP contribution in [0.15, 0.2) is 77.3 Å². The van der Waals surface area contributed by atoms with Gasteiger partial charge in [0.15, 0.2) is 0 Å². The highest BCUT2D eigenvalue weighted by Gasteiger charge is 2.32. The van der Waals surface area contributed by atoms with Crippen molar-refractivity contribution in [2.75, 3.05) is 5.75 Å². The standard InChI is InChI=1S/C31H33BrCl2N2O2S/c32-24-16-14-23(15-17-24)19-36(30(37)21-39-20-26-27(33)12-7-13-28(26)34)29(18-22-8-3-1-4-9-22)31(38)35-25-10-5-2-6-11-25/h1,3-4,7-9,12-17,25,29H,2,5-6,10-11,18-21H2,(H,35,38). The molecule has 206 valence electrons. The molecule has 1 fully saturated rings. The van der Waals surface area contributed by atoms with Crippen molar-refractivity contribution in [3.05, 3.63) is 104 Å². The van der Waals surface area contributed by atoms with Crippen molar-refractivity contribution in [2.45, 2.75) is 62.9 Å². The molecule has 4 nitrogen and oxygen atoms in total. The molecule has 1 aliphatic rings. The fraction of sp³-hybridized carbons (Fsp3) is 0.355. The number of hydrogen-bond donors (Lipinski definition) is 1. The van der Waals surface area contributed by atoms with Gasteiger partial charge in [0.2, 0.25) is 11.8 Å². The lowest BCUT2D eigenvalue weighted by Crippen LogP contribution is -2.53. The summed E-state index contributed by atoms with van der Waals surface area (Å²) in [7, 11) is 0. The molecule has 0 spiro atoms. The zero-order valence-electron chi connectivity index (χ0n) is 21.8. The van der Waals surface area contributed by atoms with Gasteiger partial charge in [-0.05, 0) is 53.8 Å². The lowest BCUT2D eigenvalue weighted by atomic mass is 9.94. The molecule has 39 heavy (non-hydrogen) atoms. The van der Waals surface area contributed by atoms with Gasteiger partial charge >= 0.3 is 0 Å². The number of halogens is 3. The quantitative estimate of drug-likeness (QED) is 0.229. The molecular weight excluding hydrogens is 615 g/mol. The van der Waals surface area contributed by atoms with E-state index < -0.39 is 6.04 Å². The van der Waals surface area contributed by atoms with Crippen molar-refractivity contribution < 1.29 is 9.59 Å². The summed E-state index contributed by atoms with van der Waals surface area (Å²) in [5, 5.41) is 4.46. The van der Waals surface area contributed by atoms with E-state index in [-0.39, 0.29) is 23.6 Å². The summed E-state index contributed by atoms with van der Waals surface area (Å²) in [6, 6.07) is 22.7. The third kappa shape index (κ3) is 9.01. The van der Waals surface area contributed by atoms with E-state index >= 15 is 0 Å². The molecule has 1 atom stereocenters. The van der Waals surface area contributed by atoms with Crippen LogP contribution in [0, 0.1) is 0 Å². The monoisotopic (exact) mass is 646 g/mol. The number of amides is 2. The van der Waals surface area contributed by atoms with Crippen LogP contribution < -0.4 is 5.32 Å². The van der Waals surface area contributed by atoms with E-state index in [0.29, 0.717) is 28.8 Å². The third-order valence-electron chi connectivity index (χ3n) is 7.02. The Morgan fingerprint density at radius 2 is 1.56 bits per heavy atom. The number of nitrogens with one attached hydrogen (secondary N) is 1. The minimum absolute atomic E-state index is 0.0876. The number of nitrogens with zero attached hydrogens (tertiary/aromatic N) is 1. The Kier molecular flexibility index (Phi) is 11.6. The molecular formula is C31H33BrCl2N2O2S. The second-order valence-corrected chi connectivity index (χ2v) is 12.6. The fourth-order valence-electron chi connectivity index (χ4n) is 4.88. The first-order valence-electron chi connectivity index (χ1n) is 13.3. The zero-order chi connectivity index (χ0) is 27.6. The van der Waals surface area contributed by atoms with E-state index in [9.17, 15) is 9.59 Å². The Balaban J connectivity index is 1.57. The van der Waals surface area contributed by atoms with Crippen molar-refractivity contribution in [3.8, 4) is 0 Å². The second kappa shape index (κ2) is 15.1. The van der Waals surface area contributed by atoms with Crippen LogP contribution >= 0.6 is 50.9 Å². The van der Waals surface area contributed by atoms with Gasteiger partial charge in [0.05, 0.1) is 5.75 Å². The van der Waals surface area contributed by atoms with Crippen molar-refractivity contribution >= 4 is 62.7 Å². The fourth-order valence-corrected chi connectivity index (χ4v) is 6.79. The van der Waals surface area contributed by atoms with Crippen LogP contribution in [0.1, 0.15) is 48.8 Å². The molecule has 1 aliphatic carbocycles. The van der Waals surface area contributed by atoms with E-state index in [2.05, 4.69) is 21.2 Å². The molecule has 3 aromatic rings. The van der Waals surface area contributed by atoms with Crippen LogP contribution in [0.5, 0.6) is 0 Å². The molecule has 1 unspecified atom stereocenters. The molecule has 0 bridgehead atoms. The maximum atomic E-state index is 13.9. The van der Waals surface area contributed by atoms with Crippen LogP contribution in [0.2, 0.25) is 10.0 Å². The van der Waals surface area contributed by atoms with E-state index in [1.807, 2.05) is 60.7 Å². The van der Waals surface area contributed by atoms with E-state index in [1.165, 1.54) is 18.2 Å². The van der Waals surface area contributed by atoms with Crippen LogP contribution in [-0.4, -0.2) is 34.6 Å². The van der Waals surface area contributed by atoms with E-state index in [4.69, 9.17) is 23.2 Å². The molecule has 2 amide bonds. The second-order valence-electron chi connectivity index (χ2n) is 9.89. The SMILES string of the molecule is O=C(NC1CCCCC1)C(Cc1ccccc1)N(Cc1ccc(Br)cc1)C(=O)CSCc1c(Cl)cccc1Cl. The Labute approximate surface area is 254 Å². The smallest absolute Gasteiger partial charge is 0.243 e. The molecule has 1 saturated carbocycles. The minimum atomic E-state index is -0.630. The van der Waals surface area contributed by atoms with Gasteiger partial charge in [0.1, 0.15) is 6.04 Å². The molecule has 4 rings (SSSR count). The number of carbonyl (C=O) groups is 2. The van der Waals surface area contributed by atoms with Gasteiger partial charge in [-0.3, -0.25) is 9.59 Å². The Morgan fingerprint density at radius 3 is 2.23 bits per heavy atom. The summed E-state index contributed by atoms with van der Waals surface area (Å²) in [5.41, 5.74) is 2.80. The molecule has 8 heteroatoms. The van der Waals surface area contributed by atoms with Crippen molar-refractivity contribution in [1.82, 2.24) is 10.2 Å². The van der Waals surface area contributed by atoms with Gasteiger partial charge in [-0.1, -0.05) is 107 Å². The van der Waals surface area contributed by atoms with E-state index in [1.54, 1.807) is 17.0 Å².